The molecule has 1 aromatic heterocycles. The summed E-state index contributed by atoms with van der Waals surface area (Å²) in [5, 5.41) is 20.1. The summed E-state index contributed by atoms with van der Waals surface area (Å²) in [5.74, 6) is 0. The average Bonchev–Trinajstić information content (AvgIpc) is 3.10. The van der Waals surface area contributed by atoms with Crippen LogP contribution >= 0.6 is 23.6 Å². The Labute approximate surface area is 166 Å². The van der Waals surface area contributed by atoms with E-state index >= 15 is 0 Å². The summed E-state index contributed by atoms with van der Waals surface area (Å²) in [6, 6.07) is 14.8. The minimum Gasteiger partial charge on any atom is -0.362 e. The number of thiazole rings is 1. The molecule has 0 bridgehead atoms. The third-order valence-electron chi connectivity index (χ3n) is 3.86. The largest absolute Gasteiger partial charge is 0.362 e. The Hall–Kier alpha value is -2.84. The predicted octanol–water partition coefficient (Wildman–Crippen LogP) is 4.56. The number of nitro groups is 1. The van der Waals surface area contributed by atoms with Gasteiger partial charge in [0.25, 0.3) is 5.69 Å². The number of hydrogen-bond acceptors (Lipinski definition) is 5. The first-order valence-corrected chi connectivity index (χ1v) is 9.61. The molecule has 0 aliphatic rings. The van der Waals surface area contributed by atoms with Crippen LogP contribution in [-0.4, -0.2) is 21.6 Å². The summed E-state index contributed by atoms with van der Waals surface area (Å²) in [4.78, 5) is 14.9. The van der Waals surface area contributed by atoms with E-state index in [0.717, 1.165) is 13.0 Å². The molecule has 0 amide bonds. The highest BCUT2D eigenvalue weighted by molar-refractivity contribution is 7.80. The van der Waals surface area contributed by atoms with Crippen molar-refractivity contribution in [3.63, 3.8) is 0 Å². The Morgan fingerprint density at radius 1 is 1.26 bits per heavy atom. The van der Waals surface area contributed by atoms with Crippen LogP contribution in [0.15, 0.2) is 53.9 Å². The van der Waals surface area contributed by atoms with Crippen molar-refractivity contribution in [2.24, 2.45) is 0 Å². The van der Waals surface area contributed by atoms with Gasteiger partial charge in [-0.3, -0.25) is 10.1 Å². The molecular formula is C19H18N4O2S2. The monoisotopic (exact) mass is 398 g/mol. The molecule has 3 aromatic rings. The number of hydrogen-bond donors (Lipinski definition) is 2. The lowest BCUT2D eigenvalue weighted by Gasteiger charge is -2.08. The van der Waals surface area contributed by atoms with Crippen molar-refractivity contribution in [1.82, 2.24) is 10.3 Å². The second kappa shape index (κ2) is 8.70. The smallest absolute Gasteiger partial charge is 0.270 e. The highest BCUT2D eigenvalue weighted by Crippen LogP contribution is 2.27. The summed E-state index contributed by atoms with van der Waals surface area (Å²) in [5.41, 5.74) is 3.92. The van der Waals surface area contributed by atoms with E-state index in [9.17, 15) is 10.1 Å². The van der Waals surface area contributed by atoms with Gasteiger partial charge in [-0.1, -0.05) is 42.0 Å². The summed E-state index contributed by atoms with van der Waals surface area (Å²) in [6.45, 7) is 2.79. The number of nitrogens with one attached hydrogen (secondary N) is 2. The van der Waals surface area contributed by atoms with Crippen LogP contribution in [-0.2, 0) is 6.42 Å². The van der Waals surface area contributed by atoms with Crippen LogP contribution < -0.4 is 10.6 Å². The summed E-state index contributed by atoms with van der Waals surface area (Å²) in [6.07, 6.45) is 0.875. The van der Waals surface area contributed by atoms with Crippen molar-refractivity contribution in [3.05, 3.63) is 75.2 Å². The number of thiocarbonyl (C=S) groups is 1. The standard InChI is InChI=1S/C19H18N4O2S2/c1-13-4-2-5-14(10-13)8-9-20-18(26)22-19-21-17(12-27-19)15-6-3-7-16(11-15)23(24)25/h2-7,10-12H,8-9H2,1H3,(H2,20,21,22,26). The molecule has 0 saturated carbocycles. The topological polar surface area (TPSA) is 80.1 Å². The number of non-ortho nitro benzene ring substituents is 1. The van der Waals surface area contributed by atoms with Crippen molar-refractivity contribution in [3.8, 4) is 11.3 Å². The first kappa shape index (κ1) is 18.9. The zero-order valence-electron chi connectivity index (χ0n) is 14.6. The molecule has 2 N–H and O–H groups in total. The van der Waals surface area contributed by atoms with E-state index in [1.54, 1.807) is 12.1 Å². The van der Waals surface area contributed by atoms with Crippen LogP contribution in [0.5, 0.6) is 0 Å². The van der Waals surface area contributed by atoms with E-state index in [2.05, 4.69) is 40.7 Å². The van der Waals surface area contributed by atoms with Crippen LogP contribution in [0, 0.1) is 17.0 Å². The fourth-order valence-corrected chi connectivity index (χ4v) is 3.56. The maximum atomic E-state index is 10.9. The normalized spacial score (nSPS) is 10.4. The van der Waals surface area contributed by atoms with Crippen LogP contribution in [0.4, 0.5) is 10.8 Å². The first-order valence-electron chi connectivity index (χ1n) is 8.32. The van der Waals surface area contributed by atoms with Gasteiger partial charge in [-0.05, 0) is 31.1 Å². The number of anilines is 1. The van der Waals surface area contributed by atoms with Crippen LogP contribution in [0.1, 0.15) is 11.1 Å². The van der Waals surface area contributed by atoms with E-state index in [1.165, 1.54) is 34.6 Å². The van der Waals surface area contributed by atoms with Gasteiger partial charge < -0.3 is 10.6 Å². The maximum Gasteiger partial charge on any atom is 0.270 e. The number of benzene rings is 2. The molecule has 0 atom stereocenters. The van der Waals surface area contributed by atoms with Gasteiger partial charge in [0, 0.05) is 29.6 Å². The molecule has 0 fully saturated rings. The molecule has 1 heterocycles. The number of nitrogens with zero attached hydrogens (tertiary/aromatic N) is 2. The fourth-order valence-electron chi connectivity index (χ4n) is 2.57. The molecule has 2 aromatic carbocycles. The maximum absolute atomic E-state index is 10.9. The van der Waals surface area contributed by atoms with Gasteiger partial charge in [-0.2, -0.15) is 0 Å². The Morgan fingerprint density at radius 3 is 2.85 bits per heavy atom. The summed E-state index contributed by atoms with van der Waals surface area (Å²) >= 11 is 6.71. The van der Waals surface area contributed by atoms with Crippen molar-refractivity contribution in [1.29, 1.82) is 0 Å². The zero-order chi connectivity index (χ0) is 19.2. The molecule has 0 unspecified atom stereocenters. The molecular weight excluding hydrogens is 380 g/mol. The van der Waals surface area contributed by atoms with E-state index in [1.807, 2.05) is 11.4 Å². The molecule has 0 aliphatic carbocycles. The second-order valence-corrected chi connectivity index (χ2v) is 7.23. The molecule has 0 spiro atoms. The number of aromatic nitrogens is 1. The van der Waals surface area contributed by atoms with Gasteiger partial charge in [0.1, 0.15) is 0 Å². The third kappa shape index (κ3) is 5.32. The van der Waals surface area contributed by atoms with Crippen molar-refractivity contribution < 1.29 is 4.92 Å². The zero-order valence-corrected chi connectivity index (χ0v) is 16.3. The Bertz CT molecular complexity index is 972. The minimum atomic E-state index is -0.414. The highest BCUT2D eigenvalue weighted by Gasteiger charge is 2.10. The summed E-state index contributed by atoms with van der Waals surface area (Å²) < 4.78 is 0. The average molecular weight is 399 g/mol. The lowest BCUT2D eigenvalue weighted by atomic mass is 10.1. The van der Waals surface area contributed by atoms with Gasteiger partial charge in [-0.15, -0.1) is 11.3 Å². The van der Waals surface area contributed by atoms with Crippen molar-refractivity contribution in [2.75, 3.05) is 11.9 Å². The molecule has 0 radical (unpaired) electrons. The van der Waals surface area contributed by atoms with Gasteiger partial charge in [0.15, 0.2) is 10.2 Å². The van der Waals surface area contributed by atoms with Crippen LogP contribution in [0.25, 0.3) is 11.3 Å². The number of rotatable bonds is 6. The molecule has 27 heavy (non-hydrogen) atoms. The van der Waals surface area contributed by atoms with Gasteiger partial charge in [-0.25, -0.2) is 4.98 Å². The fraction of sp³-hybridized carbons (Fsp3) is 0.158. The quantitative estimate of drug-likeness (QED) is 0.360. The summed E-state index contributed by atoms with van der Waals surface area (Å²) in [7, 11) is 0. The molecule has 3 rings (SSSR count). The second-order valence-electron chi connectivity index (χ2n) is 5.97. The molecule has 0 aliphatic heterocycles. The first-order chi connectivity index (χ1) is 13.0. The molecule has 8 heteroatoms. The lowest BCUT2D eigenvalue weighted by molar-refractivity contribution is -0.384. The Balaban J connectivity index is 1.55. The van der Waals surface area contributed by atoms with Crippen molar-refractivity contribution >= 4 is 39.5 Å². The van der Waals surface area contributed by atoms with Crippen LogP contribution in [0.3, 0.4) is 0 Å². The van der Waals surface area contributed by atoms with Gasteiger partial charge in [0.2, 0.25) is 0 Å². The third-order valence-corrected chi connectivity index (χ3v) is 4.86. The van der Waals surface area contributed by atoms with Crippen molar-refractivity contribution in [2.45, 2.75) is 13.3 Å². The Morgan fingerprint density at radius 2 is 2.07 bits per heavy atom. The number of aryl methyl sites for hydroxylation is 1. The highest BCUT2D eigenvalue weighted by atomic mass is 32.1. The molecule has 6 nitrogen and oxygen atoms in total. The van der Waals surface area contributed by atoms with Crippen LogP contribution in [0.2, 0.25) is 0 Å². The number of nitro benzene ring substituents is 1. The van der Waals surface area contributed by atoms with E-state index in [4.69, 9.17) is 12.2 Å². The Kier molecular flexibility index (Phi) is 6.10. The van der Waals surface area contributed by atoms with Gasteiger partial charge >= 0.3 is 0 Å². The minimum absolute atomic E-state index is 0.0448. The van der Waals surface area contributed by atoms with Gasteiger partial charge in [0.05, 0.1) is 10.6 Å². The molecule has 138 valence electrons. The predicted molar refractivity (Wildman–Crippen MR) is 113 cm³/mol. The van der Waals surface area contributed by atoms with E-state index in [-0.39, 0.29) is 5.69 Å². The van der Waals surface area contributed by atoms with E-state index in [0.29, 0.717) is 21.5 Å². The molecule has 0 saturated heterocycles. The SMILES string of the molecule is Cc1cccc(CCNC(=S)Nc2nc(-c3cccc([N+](=O)[O-])c3)cs2)c1. The van der Waals surface area contributed by atoms with E-state index < -0.39 is 4.92 Å². The lowest BCUT2D eigenvalue weighted by Crippen LogP contribution is -2.30.